The summed E-state index contributed by atoms with van der Waals surface area (Å²) in [7, 11) is 0. The number of aromatic nitrogens is 3. The lowest BCUT2D eigenvalue weighted by atomic mass is 10.1. The van der Waals surface area contributed by atoms with Crippen molar-refractivity contribution in [2.24, 2.45) is 0 Å². The lowest BCUT2D eigenvalue weighted by Gasteiger charge is -2.08. The zero-order chi connectivity index (χ0) is 13.2. The van der Waals surface area contributed by atoms with Gasteiger partial charge < -0.3 is 5.32 Å². The van der Waals surface area contributed by atoms with Crippen molar-refractivity contribution in [2.45, 2.75) is 46.2 Å². The van der Waals surface area contributed by atoms with Crippen LogP contribution in [0.3, 0.4) is 0 Å². The number of aryl methyl sites for hydroxylation is 2. The Morgan fingerprint density at radius 2 is 2.16 bits per heavy atom. The quantitative estimate of drug-likeness (QED) is 0.930. The van der Waals surface area contributed by atoms with Gasteiger partial charge in [-0.15, -0.1) is 11.3 Å². The minimum atomic E-state index is 0.744. The molecule has 0 atom stereocenters. The fraction of sp³-hybridized carbons (Fsp3) is 0.500. The number of rotatable bonds is 4. The molecule has 0 fully saturated rings. The fourth-order valence-electron chi connectivity index (χ4n) is 2.47. The zero-order valence-corrected chi connectivity index (χ0v) is 12.2. The smallest absolute Gasteiger partial charge is 0.134 e. The molecule has 19 heavy (non-hydrogen) atoms. The number of hydrogen-bond acceptors (Lipinski definition) is 5. The van der Waals surface area contributed by atoms with Crippen LogP contribution in [-0.2, 0) is 25.9 Å². The van der Waals surface area contributed by atoms with E-state index in [2.05, 4.69) is 22.6 Å². The molecule has 0 saturated heterocycles. The summed E-state index contributed by atoms with van der Waals surface area (Å²) in [5.41, 5.74) is 4.80. The normalized spacial score (nSPS) is 13.8. The predicted molar refractivity (Wildman–Crippen MR) is 76.2 cm³/mol. The molecule has 5 heteroatoms. The maximum Gasteiger partial charge on any atom is 0.134 e. The van der Waals surface area contributed by atoms with Gasteiger partial charge in [-0.1, -0.05) is 13.3 Å². The fourth-order valence-corrected chi connectivity index (χ4v) is 3.08. The Morgan fingerprint density at radius 3 is 2.89 bits per heavy atom. The maximum absolute atomic E-state index is 4.75. The number of nitrogens with one attached hydrogen (secondary N) is 1. The Labute approximate surface area is 117 Å². The highest BCUT2D eigenvalue weighted by Crippen LogP contribution is 2.20. The van der Waals surface area contributed by atoms with E-state index in [0.29, 0.717) is 0 Å². The largest absolute Gasteiger partial charge is 0.307 e. The molecular weight excluding hydrogens is 256 g/mol. The first-order chi connectivity index (χ1) is 9.26. The van der Waals surface area contributed by atoms with Crippen LogP contribution in [-0.4, -0.2) is 15.0 Å². The van der Waals surface area contributed by atoms with Gasteiger partial charge in [0, 0.05) is 29.7 Å². The van der Waals surface area contributed by atoms with E-state index in [1.54, 1.807) is 11.3 Å². The second-order valence-electron chi connectivity index (χ2n) is 4.90. The lowest BCUT2D eigenvalue weighted by molar-refractivity contribution is 0.753. The molecular formula is C14H18N4S. The molecule has 0 bridgehead atoms. The summed E-state index contributed by atoms with van der Waals surface area (Å²) in [6.07, 6.45) is 2.91. The van der Waals surface area contributed by atoms with Gasteiger partial charge in [-0.25, -0.2) is 15.0 Å². The first kappa shape index (κ1) is 12.7. The van der Waals surface area contributed by atoms with Crippen molar-refractivity contribution in [2.75, 3.05) is 0 Å². The third-order valence-electron chi connectivity index (χ3n) is 3.31. The molecule has 1 aliphatic heterocycles. The Kier molecular flexibility index (Phi) is 3.57. The second kappa shape index (κ2) is 5.35. The van der Waals surface area contributed by atoms with E-state index in [1.165, 1.54) is 17.0 Å². The lowest BCUT2D eigenvalue weighted by Crippen LogP contribution is -2.07. The van der Waals surface area contributed by atoms with Gasteiger partial charge in [-0.2, -0.15) is 0 Å². The third kappa shape index (κ3) is 2.67. The van der Waals surface area contributed by atoms with Crippen molar-refractivity contribution in [1.82, 2.24) is 20.3 Å². The van der Waals surface area contributed by atoms with E-state index in [1.807, 2.05) is 6.92 Å². The molecule has 4 nitrogen and oxygen atoms in total. The Hall–Kier alpha value is -1.33. The molecule has 0 spiro atoms. The summed E-state index contributed by atoms with van der Waals surface area (Å²) in [5.74, 6) is 0.913. The minimum Gasteiger partial charge on any atom is -0.307 e. The highest BCUT2D eigenvalue weighted by molar-refractivity contribution is 7.09. The van der Waals surface area contributed by atoms with E-state index >= 15 is 0 Å². The van der Waals surface area contributed by atoms with Gasteiger partial charge in [0.1, 0.15) is 5.82 Å². The first-order valence-electron chi connectivity index (χ1n) is 6.75. The van der Waals surface area contributed by atoms with E-state index in [-0.39, 0.29) is 0 Å². The van der Waals surface area contributed by atoms with Gasteiger partial charge in [0.2, 0.25) is 0 Å². The van der Waals surface area contributed by atoms with Crippen LogP contribution >= 0.6 is 11.3 Å². The average molecular weight is 274 g/mol. The third-order valence-corrected chi connectivity index (χ3v) is 4.13. The van der Waals surface area contributed by atoms with E-state index in [0.717, 1.165) is 48.9 Å². The molecule has 0 amide bonds. The maximum atomic E-state index is 4.75. The standard InChI is InChI=1S/C14H18N4S/c1-3-4-12-11-6-15-7-13(11)18-14(17-12)5-10-8-19-9(2)16-10/h8,15H,3-7H2,1-2H3. The van der Waals surface area contributed by atoms with Crippen molar-refractivity contribution in [3.63, 3.8) is 0 Å². The molecule has 1 aliphatic rings. The van der Waals surface area contributed by atoms with E-state index < -0.39 is 0 Å². The van der Waals surface area contributed by atoms with Crippen molar-refractivity contribution in [1.29, 1.82) is 0 Å². The predicted octanol–water partition coefficient (Wildman–Crippen LogP) is 2.39. The van der Waals surface area contributed by atoms with Gasteiger partial charge in [0.05, 0.1) is 22.8 Å². The summed E-state index contributed by atoms with van der Waals surface area (Å²) in [4.78, 5) is 13.9. The molecule has 3 rings (SSSR count). The Morgan fingerprint density at radius 1 is 1.26 bits per heavy atom. The SMILES string of the molecule is CCCc1nc(Cc2csc(C)n2)nc2c1CNC2. The van der Waals surface area contributed by atoms with Crippen molar-refractivity contribution < 1.29 is 0 Å². The highest BCUT2D eigenvalue weighted by atomic mass is 32.1. The Balaban J connectivity index is 1.91. The molecule has 1 N–H and O–H groups in total. The summed E-state index contributed by atoms with van der Waals surface area (Å²) >= 11 is 1.68. The van der Waals surface area contributed by atoms with E-state index in [9.17, 15) is 0 Å². The number of nitrogens with zero attached hydrogens (tertiary/aromatic N) is 3. The van der Waals surface area contributed by atoms with E-state index in [4.69, 9.17) is 9.97 Å². The molecule has 2 aromatic heterocycles. The van der Waals surface area contributed by atoms with Crippen LogP contribution in [0.25, 0.3) is 0 Å². The van der Waals surface area contributed by atoms with Gasteiger partial charge in [-0.05, 0) is 13.3 Å². The van der Waals surface area contributed by atoms with Gasteiger partial charge >= 0.3 is 0 Å². The van der Waals surface area contributed by atoms with Crippen LogP contribution < -0.4 is 5.32 Å². The number of thiazole rings is 1. The van der Waals surface area contributed by atoms with Gasteiger partial charge in [0.25, 0.3) is 0 Å². The van der Waals surface area contributed by atoms with Crippen LogP contribution in [0.4, 0.5) is 0 Å². The molecule has 3 heterocycles. The van der Waals surface area contributed by atoms with Crippen molar-refractivity contribution in [3.05, 3.63) is 38.9 Å². The minimum absolute atomic E-state index is 0.744. The molecule has 100 valence electrons. The van der Waals surface area contributed by atoms with Crippen LogP contribution in [0.2, 0.25) is 0 Å². The zero-order valence-electron chi connectivity index (χ0n) is 11.4. The number of fused-ring (bicyclic) bond motifs is 1. The Bertz CT molecular complexity index is 591. The molecule has 0 aromatic carbocycles. The van der Waals surface area contributed by atoms with Gasteiger partial charge in [-0.3, -0.25) is 0 Å². The monoisotopic (exact) mass is 274 g/mol. The van der Waals surface area contributed by atoms with Crippen LogP contribution in [0.1, 0.15) is 46.8 Å². The average Bonchev–Trinajstić information content (AvgIpc) is 2.99. The van der Waals surface area contributed by atoms with Crippen LogP contribution in [0.5, 0.6) is 0 Å². The van der Waals surface area contributed by atoms with Crippen molar-refractivity contribution in [3.8, 4) is 0 Å². The molecule has 0 radical (unpaired) electrons. The highest BCUT2D eigenvalue weighted by Gasteiger charge is 2.18. The molecule has 0 saturated carbocycles. The summed E-state index contributed by atoms with van der Waals surface area (Å²) in [5, 5.41) is 6.57. The van der Waals surface area contributed by atoms with Crippen molar-refractivity contribution >= 4 is 11.3 Å². The molecule has 0 unspecified atom stereocenters. The molecule has 0 aliphatic carbocycles. The summed E-state index contributed by atoms with van der Waals surface area (Å²) in [6, 6.07) is 0. The molecule has 2 aromatic rings. The summed E-state index contributed by atoms with van der Waals surface area (Å²) < 4.78 is 0. The summed E-state index contributed by atoms with van der Waals surface area (Å²) in [6.45, 7) is 6.02. The van der Waals surface area contributed by atoms with Crippen LogP contribution in [0.15, 0.2) is 5.38 Å². The second-order valence-corrected chi connectivity index (χ2v) is 5.96. The number of hydrogen-bond donors (Lipinski definition) is 1. The van der Waals surface area contributed by atoms with Crippen LogP contribution in [0, 0.1) is 6.92 Å². The first-order valence-corrected chi connectivity index (χ1v) is 7.63. The van der Waals surface area contributed by atoms with Gasteiger partial charge in [0.15, 0.2) is 0 Å². The topological polar surface area (TPSA) is 50.7 Å².